The van der Waals surface area contributed by atoms with Gasteiger partial charge in [0, 0.05) is 18.1 Å². The van der Waals surface area contributed by atoms with Crippen molar-refractivity contribution >= 4 is 11.6 Å². The summed E-state index contributed by atoms with van der Waals surface area (Å²) in [6.07, 6.45) is 6.26. The molecule has 7 nitrogen and oxygen atoms in total. The molecule has 1 amide bonds. The lowest BCUT2D eigenvalue weighted by Crippen LogP contribution is -2.14. The normalized spacial score (nSPS) is 10.2. The van der Waals surface area contributed by atoms with E-state index in [0.717, 1.165) is 0 Å². The molecule has 0 aromatic carbocycles. The van der Waals surface area contributed by atoms with Crippen LogP contribution < -0.4 is 5.32 Å². The number of carbonyl (C=O) groups excluding carboxylic acids is 1. The molecule has 0 bridgehead atoms. The minimum atomic E-state index is -0.286. The van der Waals surface area contributed by atoms with Gasteiger partial charge in [0.05, 0.1) is 0 Å². The number of hydrogen-bond acceptors (Lipinski definition) is 5. The summed E-state index contributed by atoms with van der Waals surface area (Å²) in [4.78, 5) is 20.3. The van der Waals surface area contributed by atoms with Crippen molar-refractivity contribution in [3.05, 3.63) is 61.1 Å². The summed E-state index contributed by atoms with van der Waals surface area (Å²) in [5.74, 6) is 0.295. The summed E-state index contributed by atoms with van der Waals surface area (Å²) in [5.41, 5.74) is 0.981. The van der Waals surface area contributed by atoms with Crippen LogP contribution in [-0.2, 0) is 0 Å². The fraction of sp³-hybridized carbons (Fsp3) is 0. The molecule has 3 rings (SSSR count). The van der Waals surface area contributed by atoms with E-state index in [1.807, 2.05) is 0 Å². The maximum absolute atomic E-state index is 12.1. The van der Waals surface area contributed by atoms with Crippen molar-refractivity contribution in [1.29, 1.82) is 0 Å². The maximum Gasteiger partial charge on any atom is 0.274 e. The van der Waals surface area contributed by atoms with E-state index in [2.05, 4.69) is 25.5 Å². The minimum Gasteiger partial charge on any atom is -0.321 e. The molecule has 0 radical (unpaired) electrons. The first kappa shape index (κ1) is 12.0. The maximum atomic E-state index is 12.1. The molecule has 7 heteroatoms. The SMILES string of the molecule is O=C(Nc1ccncc1)c1cccc(-n2cnnc2)n1. The van der Waals surface area contributed by atoms with Crippen LogP contribution >= 0.6 is 0 Å². The molecule has 0 atom stereocenters. The fourth-order valence-corrected chi connectivity index (χ4v) is 1.64. The zero-order chi connectivity index (χ0) is 13.8. The van der Waals surface area contributed by atoms with Crippen LogP contribution in [-0.4, -0.2) is 30.6 Å². The number of nitrogens with one attached hydrogen (secondary N) is 1. The molecule has 3 aromatic heterocycles. The predicted octanol–water partition coefficient (Wildman–Crippen LogP) is 1.31. The van der Waals surface area contributed by atoms with Gasteiger partial charge >= 0.3 is 0 Å². The Kier molecular flexibility index (Phi) is 3.15. The second-order valence-electron chi connectivity index (χ2n) is 3.94. The average Bonchev–Trinajstić information content (AvgIpc) is 3.03. The zero-order valence-electron chi connectivity index (χ0n) is 10.3. The van der Waals surface area contributed by atoms with E-state index in [9.17, 15) is 4.79 Å². The van der Waals surface area contributed by atoms with Gasteiger partial charge in [-0.2, -0.15) is 0 Å². The van der Waals surface area contributed by atoms with Crippen LogP contribution in [0.3, 0.4) is 0 Å². The second-order valence-corrected chi connectivity index (χ2v) is 3.94. The Morgan fingerprint density at radius 1 is 1.05 bits per heavy atom. The lowest BCUT2D eigenvalue weighted by Gasteiger charge is -2.06. The van der Waals surface area contributed by atoms with Crippen LogP contribution in [0.1, 0.15) is 10.5 Å². The first-order chi connectivity index (χ1) is 9.83. The zero-order valence-corrected chi connectivity index (χ0v) is 10.3. The predicted molar refractivity (Wildman–Crippen MR) is 71.3 cm³/mol. The summed E-state index contributed by atoms with van der Waals surface area (Å²) >= 11 is 0. The quantitative estimate of drug-likeness (QED) is 0.772. The smallest absolute Gasteiger partial charge is 0.274 e. The van der Waals surface area contributed by atoms with Gasteiger partial charge in [0.2, 0.25) is 0 Å². The number of carbonyl (C=O) groups is 1. The number of rotatable bonds is 3. The molecule has 1 N–H and O–H groups in total. The Morgan fingerprint density at radius 2 is 1.80 bits per heavy atom. The Bertz CT molecular complexity index is 711. The molecule has 0 fully saturated rings. The summed E-state index contributed by atoms with van der Waals surface area (Å²) in [5, 5.41) is 10.2. The number of aromatic nitrogens is 5. The molecule has 3 aromatic rings. The highest BCUT2D eigenvalue weighted by atomic mass is 16.1. The third-order valence-electron chi connectivity index (χ3n) is 2.59. The highest BCUT2D eigenvalue weighted by molar-refractivity contribution is 6.02. The lowest BCUT2D eigenvalue weighted by molar-refractivity contribution is 0.102. The van der Waals surface area contributed by atoms with Crippen molar-refractivity contribution < 1.29 is 4.79 Å². The molecule has 0 saturated heterocycles. The Labute approximate surface area is 114 Å². The van der Waals surface area contributed by atoms with Gasteiger partial charge in [-0.05, 0) is 24.3 Å². The monoisotopic (exact) mass is 266 g/mol. The highest BCUT2D eigenvalue weighted by Gasteiger charge is 2.09. The van der Waals surface area contributed by atoms with Gasteiger partial charge in [0.15, 0.2) is 0 Å². The van der Waals surface area contributed by atoms with E-state index in [0.29, 0.717) is 17.2 Å². The van der Waals surface area contributed by atoms with Crippen molar-refractivity contribution in [2.24, 2.45) is 0 Å². The third-order valence-corrected chi connectivity index (χ3v) is 2.59. The number of pyridine rings is 2. The van der Waals surface area contributed by atoms with Gasteiger partial charge in [-0.3, -0.25) is 14.3 Å². The first-order valence-electron chi connectivity index (χ1n) is 5.86. The van der Waals surface area contributed by atoms with E-state index >= 15 is 0 Å². The topological polar surface area (TPSA) is 85.6 Å². The number of hydrogen-bond donors (Lipinski definition) is 1. The molecular formula is C13H10N6O. The van der Waals surface area contributed by atoms with Crippen molar-refractivity contribution in [3.8, 4) is 5.82 Å². The van der Waals surface area contributed by atoms with Crippen LogP contribution in [0.15, 0.2) is 55.4 Å². The number of anilines is 1. The second kappa shape index (κ2) is 5.27. The Morgan fingerprint density at radius 3 is 2.55 bits per heavy atom. The van der Waals surface area contributed by atoms with Crippen molar-refractivity contribution in [2.75, 3.05) is 5.32 Å². The summed E-state index contributed by atoms with van der Waals surface area (Å²) in [6.45, 7) is 0. The van der Waals surface area contributed by atoms with E-state index in [1.165, 1.54) is 12.7 Å². The van der Waals surface area contributed by atoms with E-state index in [4.69, 9.17) is 0 Å². The van der Waals surface area contributed by atoms with E-state index in [-0.39, 0.29) is 5.91 Å². The van der Waals surface area contributed by atoms with Gasteiger partial charge in [-0.1, -0.05) is 6.07 Å². The highest BCUT2D eigenvalue weighted by Crippen LogP contribution is 2.08. The summed E-state index contributed by atoms with van der Waals surface area (Å²) < 4.78 is 1.63. The average molecular weight is 266 g/mol. The molecular weight excluding hydrogens is 256 g/mol. The van der Waals surface area contributed by atoms with Crippen molar-refractivity contribution in [3.63, 3.8) is 0 Å². The van der Waals surface area contributed by atoms with Crippen molar-refractivity contribution in [2.45, 2.75) is 0 Å². The molecule has 3 heterocycles. The minimum absolute atomic E-state index is 0.286. The van der Waals surface area contributed by atoms with Gasteiger partial charge in [0.25, 0.3) is 5.91 Å². The Balaban J connectivity index is 1.84. The third kappa shape index (κ3) is 2.51. The molecule has 0 unspecified atom stereocenters. The van der Waals surface area contributed by atoms with E-state index < -0.39 is 0 Å². The van der Waals surface area contributed by atoms with Gasteiger partial charge in [-0.25, -0.2) is 4.98 Å². The fourth-order valence-electron chi connectivity index (χ4n) is 1.64. The lowest BCUT2D eigenvalue weighted by atomic mass is 10.3. The summed E-state index contributed by atoms with van der Waals surface area (Å²) in [6, 6.07) is 8.59. The van der Waals surface area contributed by atoms with Crippen molar-refractivity contribution in [1.82, 2.24) is 24.7 Å². The van der Waals surface area contributed by atoms with Gasteiger partial charge in [-0.15, -0.1) is 10.2 Å². The molecule has 0 aliphatic rings. The van der Waals surface area contributed by atoms with Crippen LogP contribution in [0.25, 0.3) is 5.82 Å². The van der Waals surface area contributed by atoms with Gasteiger partial charge in [0.1, 0.15) is 24.2 Å². The molecule has 20 heavy (non-hydrogen) atoms. The standard InChI is InChI=1S/C13H10N6O/c20-13(17-10-4-6-14-7-5-10)11-2-1-3-12(18-11)19-8-15-16-9-19/h1-9H,(H,14,17,20). The van der Waals surface area contributed by atoms with Crippen LogP contribution in [0.5, 0.6) is 0 Å². The molecule has 98 valence electrons. The Hall–Kier alpha value is -3.09. The number of amides is 1. The largest absolute Gasteiger partial charge is 0.321 e. The first-order valence-corrected chi connectivity index (χ1v) is 5.86. The molecule has 0 spiro atoms. The van der Waals surface area contributed by atoms with Gasteiger partial charge < -0.3 is 5.32 Å². The number of nitrogens with zero attached hydrogens (tertiary/aromatic N) is 5. The molecule has 0 saturated carbocycles. The van der Waals surface area contributed by atoms with Crippen LogP contribution in [0, 0.1) is 0 Å². The summed E-state index contributed by atoms with van der Waals surface area (Å²) in [7, 11) is 0. The molecule has 0 aliphatic carbocycles. The van der Waals surface area contributed by atoms with E-state index in [1.54, 1.807) is 47.3 Å². The van der Waals surface area contributed by atoms with Crippen LogP contribution in [0.4, 0.5) is 5.69 Å². The van der Waals surface area contributed by atoms with Crippen LogP contribution in [0.2, 0.25) is 0 Å². The molecule has 0 aliphatic heterocycles.